The van der Waals surface area contributed by atoms with Crippen molar-refractivity contribution >= 4 is 14.4 Å². The second-order valence-corrected chi connectivity index (χ2v) is 11.5. The van der Waals surface area contributed by atoms with E-state index in [1.165, 1.54) is 63.9 Å². The lowest BCUT2D eigenvalue weighted by atomic mass is 10.0. The second kappa shape index (κ2) is 14.7. The average Bonchev–Trinajstić information content (AvgIpc) is 2.50. The normalized spacial score (nSPS) is 12.8. The molecule has 0 aliphatic rings. The van der Waals surface area contributed by atoms with E-state index in [0.717, 1.165) is 25.3 Å². The Balaban J connectivity index is 3.20. The molecule has 1 atom stereocenters. The van der Waals surface area contributed by atoms with Crippen LogP contribution in [-0.2, 0) is 9.53 Å². The molecule has 2 nitrogen and oxygen atoms in total. The molecule has 0 aromatic heterocycles. The maximum absolute atomic E-state index is 13.4. The highest BCUT2D eigenvalue weighted by molar-refractivity contribution is 6.70. The van der Waals surface area contributed by atoms with Crippen LogP contribution in [0.2, 0.25) is 19.1 Å². The van der Waals surface area contributed by atoms with E-state index in [9.17, 15) is 8.90 Å². The minimum atomic E-state index is -2.30. The number of ether oxygens (including phenoxy) is 1. The molecule has 0 saturated heterocycles. The Morgan fingerprint density at radius 1 is 0.958 bits per heavy atom. The molecular weight excluding hydrogens is 319 g/mol. The Bertz CT molecular complexity index is 326. The van der Waals surface area contributed by atoms with Crippen LogP contribution in [-0.4, -0.2) is 20.5 Å². The van der Waals surface area contributed by atoms with Crippen LogP contribution in [0.1, 0.15) is 84.0 Å². The predicted octanol–water partition coefficient (Wildman–Crippen LogP) is 6.96. The standard InChI is InChI=1S/C20H39FO2Si/c1-5-20(22)23-19(2)17-15-13-11-9-7-6-8-10-12-14-16-18-24(3,4)21/h5,19H,1,6-18H2,2-4H3. The van der Waals surface area contributed by atoms with Gasteiger partial charge in [0.25, 0.3) is 0 Å². The van der Waals surface area contributed by atoms with E-state index in [2.05, 4.69) is 6.58 Å². The molecule has 0 fully saturated rings. The number of hydrogen-bond acceptors (Lipinski definition) is 2. The van der Waals surface area contributed by atoms with E-state index in [4.69, 9.17) is 4.74 Å². The molecule has 142 valence electrons. The zero-order chi connectivity index (χ0) is 18.3. The minimum absolute atomic E-state index is 0.00105. The molecule has 0 heterocycles. The van der Waals surface area contributed by atoms with Crippen molar-refractivity contribution < 1.29 is 13.6 Å². The van der Waals surface area contributed by atoms with Gasteiger partial charge in [0.2, 0.25) is 8.41 Å². The lowest BCUT2D eigenvalue weighted by molar-refractivity contribution is -0.142. The van der Waals surface area contributed by atoms with Crippen LogP contribution < -0.4 is 0 Å². The molecular formula is C20H39FO2Si. The molecule has 1 unspecified atom stereocenters. The summed E-state index contributed by atoms with van der Waals surface area (Å²) < 4.78 is 18.6. The summed E-state index contributed by atoms with van der Waals surface area (Å²) in [6.07, 6.45) is 15.9. The third-order valence-electron chi connectivity index (χ3n) is 4.37. The lowest BCUT2D eigenvalue weighted by Crippen LogP contribution is -2.16. The molecule has 0 radical (unpaired) electrons. The molecule has 0 spiro atoms. The van der Waals surface area contributed by atoms with Crippen molar-refractivity contribution in [2.45, 2.75) is 109 Å². The molecule has 0 aliphatic carbocycles. The predicted molar refractivity (Wildman–Crippen MR) is 105 cm³/mol. The zero-order valence-corrected chi connectivity index (χ0v) is 17.2. The molecule has 4 heteroatoms. The summed E-state index contributed by atoms with van der Waals surface area (Å²) in [5, 5.41) is 0. The Morgan fingerprint density at radius 2 is 1.38 bits per heavy atom. The van der Waals surface area contributed by atoms with E-state index in [1.54, 1.807) is 0 Å². The van der Waals surface area contributed by atoms with Gasteiger partial charge in [0.1, 0.15) is 0 Å². The Kier molecular flexibility index (Phi) is 14.3. The van der Waals surface area contributed by atoms with Crippen LogP contribution in [0.5, 0.6) is 0 Å². The monoisotopic (exact) mass is 358 g/mol. The topological polar surface area (TPSA) is 26.3 Å². The van der Waals surface area contributed by atoms with Crippen LogP contribution >= 0.6 is 0 Å². The highest BCUT2D eigenvalue weighted by atomic mass is 28.4. The molecule has 0 N–H and O–H groups in total. The van der Waals surface area contributed by atoms with Gasteiger partial charge in [-0.05, 0) is 38.9 Å². The van der Waals surface area contributed by atoms with Crippen LogP contribution in [0.3, 0.4) is 0 Å². The van der Waals surface area contributed by atoms with Crippen molar-refractivity contribution in [3.05, 3.63) is 12.7 Å². The van der Waals surface area contributed by atoms with E-state index in [1.807, 2.05) is 20.0 Å². The van der Waals surface area contributed by atoms with Crippen molar-refractivity contribution in [2.24, 2.45) is 0 Å². The third-order valence-corrected chi connectivity index (χ3v) is 5.91. The summed E-state index contributed by atoms with van der Waals surface area (Å²) in [7, 11) is -2.30. The first-order chi connectivity index (χ1) is 11.3. The second-order valence-electron chi connectivity index (χ2n) is 7.60. The first-order valence-corrected chi connectivity index (χ1v) is 13.0. The van der Waals surface area contributed by atoms with Gasteiger partial charge >= 0.3 is 5.97 Å². The Morgan fingerprint density at radius 3 is 1.79 bits per heavy atom. The number of carbonyl (C=O) groups excluding carboxylic acids is 1. The Hall–Kier alpha value is -0.643. The summed E-state index contributed by atoms with van der Waals surface area (Å²) in [6, 6.07) is 0.832. The van der Waals surface area contributed by atoms with Crippen molar-refractivity contribution in [2.75, 3.05) is 0 Å². The van der Waals surface area contributed by atoms with Gasteiger partial charge < -0.3 is 8.84 Å². The number of unbranched alkanes of at least 4 members (excludes halogenated alkanes) is 10. The largest absolute Gasteiger partial charge is 0.460 e. The molecule has 0 amide bonds. The SMILES string of the molecule is C=CC(=O)OC(C)CCCCCCCCCCCCC[Si](C)(C)F. The van der Waals surface area contributed by atoms with Gasteiger partial charge in [0, 0.05) is 6.08 Å². The first-order valence-electron chi connectivity index (χ1n) is 9.87. The van der Waals surface area contributed by atoms with Gasteiger partial charge in [-0.1, -0.05) is 70.8 Å². The van der Waals surface area contributed by atoms with Gasteiger partial charge in [-0.3, -0.25) is 0 Å². The molecule has 0 aromatic carbocycles. The highest BCUT2D eigenvalue weighted by Gasteiger charge is 2.18. The van der Waals surface area contributed by atoms with Gasteiger partial charge in [-0.15, -0.1) is 0 Å². The van der Waals surface area contributed by atoms with Crippen LogP contribution in [0.15, 0.2) is 12.7 Å². The van der Waals surface area contributed by atoms with Crippen LogP contribution in [0.25, 0.3) is 0 Å². The van der Waals surface area contributed by atoms with Crippen molar-refractivity contribution in [3.63, 3.8) is 0 Å². The van der Waals surface area contributed by atoms with Gasteiger partial charge in [0.15, 0.2) is 0 Å². The lowest BCUT2D eigenvalue weighted by Gasteiger charge is -2.11. The van der Waals surface area contributed by atoms with Gasteiger partial charge in [-0.25, -0.2) is 4.79 Å². The minimum Gasteiger partial charge on any atom is -0.460 e. The van der Waals surface area contributed by atoms with E-state index < -0.39 is 8.41 Å². The zero-order valence-electron chi connectivity index (χ0n) is 16.2. The van der Waals surface area contributed by atoms with Crippen LogP contribution in [0, 0.1) is 0 Å². The Labute approximate surface area is 150 Å². The first kappa shape index (κ1) is 23.4. The summed E-state index contributed by atoms with van der Waals surface area (Å²) in [5.41, 5.74) is 0. The average molecular weight is 359 g/mol. The number of esters is 1. The molecule has 0 saturated carbocycles. The number of halogens is 1. The number of rotatable bonds is 16. The molecule has 0 aromatic rings. The summed E-state index contributed by atoms with van der Waals surface area (Å²) >= 11 is 0. The third kappa shape index (κ3) is 17.7. The van der Waals surface area contributed by atoms with Gasteiger partial charge in [0.05, 0.1) is 6.10 Å². The van der Waals surface area contributed by atoms with Gasteiger partial charge in [-0.2, -0.15) is 0 Å². The molecule has 24 heavy (non-hydrogen) atoms. The fourth-order valence-electron chi connectivity index (χ4n) is 2.87. The number of hydrogen-bond donors (Lipinski definition) is 0. The van der Waals surface area contributed by atoms with Crippen molar-refractivity contribution in [1.29, 1.82) is 0 Å². The summed E-state index contributed by atoms with van der Waals surface area (Å²) in [5.74, 6) is -0.321. The van der Waals surface area contributed by atoms with E-state index >= 15 is 0 Å². The van der Waals surface area contributed by atoms with Crippen molar-refractivity contribution in [3.8, 4) is 0 Å². The molecule has 0 aliphatic heterocycles. The fraction of sp³-hybridized carbons (Fsp3) is 0.850. The van der Waals surface area contributed by atoms with E-state index in [-0.39, 0.29) is 12.1 Å². The maximum atomic E-state index is 13.4. The molecule has 0 bridgehead atoms. The summed E-state index contributed by atoms with van der Waals surface area (Å²) in [4.78, 5) is 11.0. The maximum Gasteiger partial charge on any atom is 0.330 e. The van der Waals surface area contributed by atoms with Crippen LogP contribution in [0.4, 0.5) is 4.11 Å². The smallest absolute Gasteiger partial charge is 0.330 e. The summed E-state index contributed by atoms with van der Waals surface area (Å²) in [6.45, 7) is 8.96. The quantitative estimate of drug-likeness (QED) is 0.0979. The van der Waals surface area contributed by atoms with Crippen molar-refractivity contribution in [1.82, 2.24) is 0 Å². The molecule has 0 rings (SSSR count). The fourth-order valence-corrected chi connectivity index (χ4v) is 3.96. The number of carbonyl (C=O) groups is 1. The highest BCUT2D eigenvalue weighted by Crippen LogP contribution is 2.17. The van der Waals surface area contributed by atoms with E-state index in [0.29, 0.717) is 0 Å².